The van der Waals surface area contributed by atoms with Crippen LogP contribution in [0.2, 0.25) is 0 Å². The summed E-state index contributed by atoms with van der Waals surface area (Å²) in [6, 6.07) is -0.267. The van der Waals surface area contributed by atoms with Crippen molar-refractivity contribution in [1.82, 2.24) is 10.6 Å². The van der Waals surface area contributed by atoms with E-state index in [1.165, 1.54) is 7.11 Å². The third kappa shape index (κ3) is 6.09. The summed E-state index contributed by atoms with van der Waals surface area (Å²) < 4.78 is 36.9. The number of hydrogen-bond donors (Lipinski definition) is 2. The summed E-state index contributed by atoms with van der Waals surface area (Å²) in [5.41, 5.74) is -0.631. The highest BCUT2D eigenvalue weighted by Crippen LogP contribution is 2.35. The van der Waals surface area contributed by atoms with Crippen LogP contribution < -0.4 is 10.6 Å². The highest BCUT2D eigenvalue weighted by Gasteiger charge is 2.45. The van der Waals surface area contributed by atoms with E-state index in [0.29, 0.717) is 0 Å². The summed E-state index contributed by atoms with van der Waals surface area (Å²) in [7, 11) is 1.26. The monoisotopic (exact) mass is 324 g/mol. The Kier molecular flexibility index (Phi) is 5.86. The minimum absolute atomic E-state index is 0.0642. The molecule has 1 saturated carbocycles. The Bertz CT molecular complexity index is 399. The number of carbonyl (C=O) groups is 1. The minimum atomic E-state index is -2.83. The van der Waals surface area contributed by atoms with E-state index in [1.807, 2.05) is 0 Å². The van der Waals surface area contributed by atoms with Crippen LogP contribution in [0.1, 0.15) is 40.0 Å². The molecule has 2 unspecified atom stereocenters. The number of rotatable bonds is 2. The van der Waals surface area contributed by atoms with E-state index < -0.39 is 23.7 Å². The Morgan fingerprint density at radius 1 is 1.38 bits per heavy atom. The van der Waals surface area contributed by atoms with E-state index in [2.05, 4.69) is 10.6 Å². The summed E-state index contributed by atoms with van der Waals surface area (Å²) in [6.07, 6.45) is -1.72. The lowest BCUT2D eigenvalue weighted by Crippen LogP contribution is -2.52. The van der Waals surface area contributed by atoms with Crippen molar-refractivity contribution in [2.24, 2.45) is 0 Å². The van der Waals surface area contributed by atoms with Gasteiger partial charge in [0.05, 0.1) is 0 Å². The van der Waals surface area contributed by atoms with Crippen molar-refractivity contribution in [3.8, 4) is 0 Å². The Morgan fingerprint density at radius 2 is 2.00 bits per heavy atom. The van der Waals surface area contributed by atoms with E-state index in [4.69, 9.17) is 21.7 Å². The standard InChI is InChI=1S/C13H22F2N2O3S/c1-12(2,3)20-11(18)17-10(21)16-8-5-6-13(14,15)9(7-8)19-4/h8-9H,5-7H2,1-4H3,(H2,16,17,18,21). The summed E-state index contributed by atoms with van der Waals surface area (Å²) >= 11 is 4.98. The zero-order valence-electron chi connectivity index (χ0n) is 12.7. The molecule has 2 N–H and O–H groups in total. The van der Waals surface area contributed by atoms with Crippen molar-refractivity contribution in [3.63, 3.8) is 0 Å². The number of carbonyl (C=O) groups excluding carboxylic acids is 1. The smallest absolute Gasteiger partial charge is 0.413 e. The number of hydrogen-bond acceptors (Lipinski definition) is 4. The average Bonchev–Trinajstić information content (AvgIpc) is 2.28. The van der Waals surface area contributed by atoms with E-state index in [9.17, 15) is 13.6 Å². The lowest BCUT2D eigenvalue weighted by molar-refractivity contribution is -0.149. The fraction of sp³-hybridized carbons (Fsp3) is 0.846. The molecule has 1 aliphatic rings. The van der Waals surface area contributed by atoms with Gasteiger partial charge in [0.15, 0.2) is 5.11 Å². The van der Waals surface area contributed by atoms with Gasteiger partial charge >= 0.3 is 6.09 Å². The minimum Gasteiger partial charge on any atom is -0.444 e. The number of amides is 1. The van der Waals surface area contributed by atoms with Gasteiger partial charge in [0, 0.05) is 19.6 Å². The van der Waals surface area contributed by atoms with Crippen LogP contribution in [-0.4, -0.2) is 42.0 Å². The van der Waals surface area contributed by atoms with Crippen LogP contribution in [-0.2, 0) is 9.47 Å². The second-order valence-electron chi connectivity index (χ2n) is 6.06. The third-order valence-corrected chi connectivity index (χ3v) is 3.25. The number of halogens is 2. The second kappa shape index (κ2) is 6.83. The van der Waals surface area contributed by atoms with Crippen LogP contribution in [0.3, 0.4) is 0 Å². The Hall–Kier alpha value is -1.02. The molecular formula is C13H22F2N2O3S. The average molecular weight is 324 g/mol. The largest absolute Gasteiger partial charge is 0.444 e. The Balaban J connectivity index is 2.44. The number of ether oxygens (including phenoxy) is 2. The van der Waals surface area contributed by atoms with Gasteiger partial charge in [-0.2, -0.15) is 0 Å². The van der Waals surface area contributed by atoms with Gasteiger partial charge in [0.1, 0.15) is 11.7 Å². The summed E-state index contributed by atoms with van der Waals surface area (Å²) in [5.74, 6) is -2.83. The Morgan fingerprint density at radius 3 is 2.52 bits per heavy atom. The van der Waals surface area contributed by atoms with Crippen LogP contribution >= 0.6 is 12.2 Å². The predicted molar refractivity (Wildman–Crippen MR) is 78.5 cm³/mol. The maximum atomic E-state index is 13.5. The highest BCUT2D eigenvalue weighted by atomic mass is 32.1. The molecule has 8 heteroatoms. The molecule has 0 saturated heterocycles. The van der Waals surface area contributed by atoms with Gasteiger partial charge in [-0.15, -0.1) is 0 Å². The van der Waals surface area contributed by atoms with Crippen LogP contribution in [0.15, 0.2) is 0 Å². The SMILES string of the molecule is COC1CC(NC(=S)NC(=O)OC(C)(C)C)CCC1(F)F. The molecule has 0 radical (unpaired) electrons. The number of methoxy groups -OCH3 is 1. The quantitative estimate of drug-likeness (QED) is 0.765. The van der Waals surface area contributed by atoms with Gasteiger partial charge < -0.3 is 14.8 Å². The van der Waals surface area contributed by atoms with Crippen LogP contribution in [0.25, 0.3) is 0 Å². The van der Waals surface area contributed by atoms with Crippen molar-refractivity contribution in [2.45, 2.75) is 63.7 Å². The molecule has 1 amide bonds. The zero-order chi connectivity index (χ0) is 16.3. The first-order valence-electron chi connectivity index (χ1n) is 6.74. The molecule has 1 rings (SSSR count). The van der Waals surface area contributed by atoms with E-state index >= 15 is 0 Å². The number of alkyl carbamates (subject to hydrolysis) is 1. The molecule has 21 heavy (non-hydrogen) atoms. The predicted octanol–water partition coefficient (Wildman–Crippen LogP) is 2.59. The number of nitrogens with one attached hydrogen (secondary N) is 2. The maximum absolute atomic E-state index is 13.5. The molecule has 0 aromatic rings. The van der Waals surface area contributed by atoms with E-state index in [0.717, 1.165) is 0 Å². The molecule has 0 aromatic heterocycles. The van der Waals surface area contributed by atoms with Crippen LogP contribution in [0, 0.1) is 0 Å². The molecule has 0 bridgehead atoms. The van der Waals surface area contributed by atoms with Gasteiger partial charge in [-0.05, 0) is 45.8 Å². The van der Waals surface area contributed by atoms with Crippen LogP contribution in [0.4, 0.5) is 13.6 Å². The Labute approximate surface area is 128 Å². The van der Waals surface area contributed by atoms with Crippen molar-refractivity contribution in [2.75, 3.05) is 7.11 Å². The molecular weight excluding hydrogens is 302 g/mol. The normalized spacial score (nSPS) is 25.0. The molecule has 0 aromatic carbocycles. The highest BCUT2D eigenvalue weighted by molar-refractivity contribution is 7.80. The second-order valence-corrected chi connectivity index (χ2v) is 6.47. The third-order valence-electron chi connectivity index (χ3n) is 3.03. The molecule has 122 valence electrons. The number of thiocarbonyl (C=S) groups is 1. The zero-order valence-corrected chi connectivity index (χ0v) is 13.5. The molecule has 0 heterocycles. The molecule has 5 nitrogen and oxygen atoms in total. The van der Waals surface area contributed by atoms with Gasteiger partial charge in [-0.3, -0.25) is 5.32 Å². The fourth-order valence-corrected chi connectivity index (χ4v) is 2.34. The van der Waals surface area contributed by atoms with Crippen molar-refractivity contribution in [3.05, 3.63) is 0 Å². The summed E-state index contributed by atoms with van der Waals surface area (Å²) in [5, 5.41) is 5.28. The lowest BCUT2D eigenvalue weighted by atomic mass is 9.89. The fourth-order valence-electron chi connectivity index (χ4n) is 2.09. The first-order valence-corrected chi connectivity index (χ1v) is 7.15. The topological polar surface area (TPSA) is 59.6 Å². The summed E-state index contributed by atoms with van der Waals surface area (Å²) in [6.45, 7) is 5.19. The van der Waals surface area contributed by atoms with E-state index in [1.54, 1.807) is 20.8 Å². The van der Waals surface area contributed by atoms with Gasteiger partial charge in [-0.25, -0.2) is 13.6 Å². The molecule has 1 fully saturated rings. The molecule has 0 aliphatic heterocycles. The van der Waals surface area contributed by atoms with Gasteiger partial charge in [0.25, 0.3) is 5.92 Å². The van der Waals surface area contributed by atoms with E-state index in [-0.39, 0.29) is 30.4 Å². The van der Waals surface area contributed by atoms with Gasteiger partial charge in [0.2, 0.25) is 0 Å². The first kappa shape index (κ1) is 18.0. The van der Waals surface area contributed by atoms with Crippen LogP contribution in [0.5, 0.6) is 0 Å². The van der Waals surface area contributed by atoms with Crippen molar-refractivity contribution < 1.29 is 23.0 Å². The lowest BCUT2D eigenvalue weighted by Gasteiger charge is -2.35. The number of alkyl halides is 2. The summed E-state index contributed by atoms with van der Waals surface area (Å²) in [4.78, 5) is 11.5. The van der Waals surface area contributed by atoms with Crippen molar-refractivity contribution >= 4 is 23.4 Å². The van der Waals surface area contributed by atoms with Gasteiger partial charge in [-0.1, -0.05) is 0 Å². The molecule has 0 spiro atoms. The van der Waals surface area contributed by atoms with Crippen molar-refractivity contribution in [1.29, 1.82) is 0 Å². The maximum Gasteiger partial charge on any atom is 0.413 e. The molecule has 1 aliphatic carbocycles. The first-order chi connectivity index (χ1) is 9.53. The molecule has 2 atom stereocenters.